The summed E-state index contributed by atoms with van der Waals surface area (Å²) in [5.74, 6) is 1.79. The fourth-order valence-corrected chi connectivity index (χ4v) is 2.27. The Hall–Kier alpha value is -1.36. The third kappa shape index (κ3) is 1.84. The van der Waals surface area contributed by atoms with Gasteiger partial charge in [0.2, 0.25) is 0 Å². The van der Waals surface area contributed by atoms with Crippen LogP contribution in [0.5, 0.6) is 0 Å². The maximum Gasteiger partial charge on any atom is 0.260 e. The van der Waals surface area contributed by atoms with Crippen LogP contribution in [0.1, 0.15) is 31.0 Å². The van der Waals surface area contributed by atoms with Crippen LogP contribution in [0.3, 0.4) is 0 Å². The molecule has 0 atom stereocenters. The quantitative estimate of drug-likeness (QED) is 0.863. The zero-order chi connectivity index (χ0) is 11.8. The van der Waals surface area contributed by atoms with Crippen LogP contribution in [-0.4, -0.2) is 10.1 Å². The second-order valence-corrected chi connectivity index (χ2v) is 5.14. The molecule has 2 N–H and O–H groups in total. The number of hydrogen-bond acceptors (Lipinski definition) is 4. The van der Waals surface area contributed by atoms with Gasteiger partial charge in [0.15, 0.2) is 5.82 Å². The maximum absolute atomic E-state index is 5.97. The van der Waals surface area contributed by atoms with Crippen molar-refractivity contribution in [3.63, 3.8) is 0 Å². The van der Waals surface area contributed by atoms with Gasteiger partial charge in [-0.3, -0.25) is 0 Å². The molecule has 1 fully saturated rings. The van der Waals surface area contributed by atoms with E-state index in [1.807, 2.05) is 18.2 Å². The first-order valence-electron chi connectivity index (χ1n) is 5.63. The molecule has 1 aromatic carbocycles. The highest BCUT2D eigenvalue weighted by Gasteiger charge is 2.25. The summed E-state index contributed by atoms with van der Waals surface area (Å²) in [6.07, 6.45) is 3.58. The lowest BCUT2D eigenvalue weighted by molar-refractivity contribution is 0.366. The summed E-state index contributed by atoms with van der Waals surface area (Å²) < 4.78 is 6.13. The van der Waals surface area contributed by atoms with Gasteiger partial charge in [0.25, 0.3) is 5.89 Å². The van der Waals surface area contributed by atoms with E-state index in [2.05, 4.69) is 26.1 Å². The summed E-state index contributed by atoms with van der Waals surface area (Å²) in [6, 6.07) is 5.68. The molecular formula is C12H12BrN3O. The molecule has 17 heavy (non-hydrogen) atoms. The first kappa shape index (κ1) is 10.8. The molecule has 5 heteroatoms. The van der Waals surface area contributed by atoms with E-state index in [9.17, 15) is 0 Å². The highest BCUT2D eigenvalue weighted by molar-refractivity contribution is 9.10. The average molecular weight is 294 g/mol. The normalized spacial score (nSPS) is 15.8. The van der Waals surface area contributed by atoms with Crippen LogP contribution < -0.4 is 5.73 Å². The van der Waals surface area contributed by atoms with Gasteiger partial charge < -0.3 is 10.3 Å². The second-order valence-electron chi connectivity index (χ2n) is 4.29. The van der Waals surface area contributed by atoms with Gasteiger partial charge in [-0.2, -0.15) is 4.98 Å². The van der Waals surface area contributed by atoms with Gasteiger partial charge in [-0.25, -0.2) is 0 Å². The van der Waals surface area contributed by atoms with Gasteiger partial charge >= 0.3 is 0 Å². The molecular weight excluding hydrogens is 282 g/mol. The number of nitrogens with zero attached hydrogens (tertiary/aromatic N) is 2. The summed E-state index contributed by atoms with van der Waals surface area (Å²) >= 11 is 3.39. The minimum atomic E-state index is 0.473. The minimum Gasteiger partial charge on any atom is -0.397 e. The van der Waals surface area contributed by atoms with Crippen molar-refractivity contribution in [2.24, 2.45) is 0 Å². The van der Waals surface area contributed by atoms with Crippen LogP contribution in [0.25, 0.3) is 11.5 Å². The van der Waals surface area contributed by atoms with Crippen molar-refractivity contribution >= 4 is 21.6 Å². The highest BCUT2D eigenvalue weighted by atomic mass is 79.9. The van der Waals surface area contributed by atoms with Crippen LogP contribution in [0.15, 0.2) is 27.2 Å². The van der Waals surface area contributed by atoms with Gasteiger partial charge in [-0.05, 0) is 40.9 Å². The molecule has 2 aromatic rings. The Kier molecular flexibility index (Phi) is 2.63. The number of rotatable bonds is 2. The first-order chi connectivity index (χ1) is 8.25. The van der Waals surface area contributed by atoms with Gasteiger partial charge in [0.1, 0.15) is 0 Å². The Bertz CT molecular complexity index is 548. The van der Waals surface area contributed by atoms with E-state index < -0.39 is 0 Å². The number of benzene rings is 1. The molecule has 0 unspecified atom stereocenters. The van der Waals surface area contributed by atoms with Crippen LogP contribution in [0.4, 0.5) is 5.69 Å². The first-order valence-corrected chi connectivity index (χ1v) is 6.43. The number of para-hydroxylation sites is 1. The summed E-state index contributed by atoms with van der Waals surface area (Å²) in [6.45, 7) is 0. The molecule has 0 aliphatic heterocycles. The monoisotopic (exact) mass is 293 g/mol. The predicted molar refractivity (Wildman–Crippen MR) is 68.4 cm³/mol. The Morgan fingerprint density at radius 3 is 2.88 bits per heavy atom. The lowest BCUT2D eigenvalue weighted by Gasteiger charge is -2.20. The summed E-state index contributed by atoms with van der Waals surface area (Å²) in [7, 11) is 0. The summed E-state index contributed by atoms with van der Waals surface area (Å²) in [5.41, 5.74) is 7.40. The van der Waals surface area contributed by atoms with Crippen molar-refractivity contribution in [3.8, 4) is 11.5 Å². The number of nitrogens with two attached hydrogens (primary N) is 1. The largest absolute Gasteiger partial charge is 0.397 e. The van der Waals surface area contributed by atoms with E-state index in [1.165, 1.54) is 6.42 Å². The Balaban J connectivity index is 1.97. The van der Waals surface area contributed by atoms with Gasteiger partial charge in [-0.15, -0.1) is 0 Å². The molecule has 0 radical (unpaired) electrons. The zero-order valence-corrected chi connectivity index (χ0v) is 10.8. The predicted octanol–water partition coefficient (Wildman–Crippen LogP) is 3.35. The lowest BCUT2D eigenvalue weighted by Crippen LogP contribution is -2.10. The molecule has 0 bridgehead atoms. The molecule has 0 saturated heterocycles. The lowest BCUT2D eigenvalue weighted by atomic mass is 9.85. The van der Waals surface area contributed by atoms with Gasteiger partial charge in [-0.1, -0.05) is 17.6 Å². The topological polar surface area (TPSA) is 64.9 Å². The zero-order valence-electron chi connectivity index (χ0n) is 9.19. The van der Waals surface area contributed by atoms with Gasteiger partial charge in [0, 0.05) is 10.4 Å². The van der Waals surface area contributed by atoms with Crippen LogP contribution >= 0.6 is 15.9 Å². The van der Waals surface area contributed by atoms with Crippen LogP contribution in [0.2, 0.25) is 0 Å². The van der Waals surface area contributed by atoms with Crippen molar-refractivity contribution in [1.29, 1.82) is 0 Å². The van der Waals surface area contributed by atoms with Crippen LogP contribution in [-0.2, 0) is 0 Å². The highest BCUT2D eigenvalue weighted by Crippen LogP contribution is 2.36. The third-order valence-electron chi connectivity index (χ3n) is 3.20. The standard InChI is InChI=1S/C12H12BrN3O/c13-9-6-2-5-8(10(9)14)12-15-11(16-17-12)7-3-1-4-7/h2,5-7H,1,3-4,14H2. The van der Waals surface area contributed by atoms with Crippen molar-refractivity contribution in [1.82, 2.24) is 10.1 Å². The van der Waals surface area contributed by atoms with Crippen molar-refractivity contribution < 1.29 is 4.52 Å². The Morgan fingerprint density at radius 2 is 2.18 bits per heavy atom. The molecule has 1 heterocycles. The summed E-state index contributed by atoms with van der Waals surface area (Å²) in [5, 5.41) is 4.03. The molecule has 88 valence electrons. The summed E-state index contributed by atoms with van der Waals surface area (Å²) in [4.78, 5) is 4.43. The van der Waals surface area contributed by atoms with E-state index in [4.69, 9.17) is 10.3 Å². The average Bonchev–Trinajstić information content (AvgIpc) is 2.68. The SMILES string of the molecule is Nc1c(Br)cccc1-c1nc(C2CCC2)no1. The Labute approximate surface area is 107 Å². The Morgan fingerprint density at radius 1 is 1.35 bits per heavy atom. The minimum absolute atomic E-state index is 0.473. The van der Waals surface area contributed by atoms with Crippen LogP contribution in [0, 0.1) is 0 Å². The number of anilines is 1. The molecule has 1 aliphatic carbocycles. The molecule has 1 saturated carbocycles. The van der Waals surface area contributed by atoms with E-state index in [1.54, 1.807) is 0 Å². The smallest absolute Gasteiger partial charge is 0.260 e. The third-order valence-corrected chi connectivity index (χ3v) is 3.89. The number of hydrogen-bond donors (Lipinski definition) is 1. The van der Waals surface area contributed by atoms with E-state index >= 15 is 0 Å². The number of halogens is 1. The molecule has 0 amide bonds. The number of aromatic nitrogens is 2. The maximum atomic E-state index is 5.97. The fourth-order valence-electron chi connectivity index (χ4n) is 1.90. The molecule has 0 spiro atoms. The fraction of sp³-hybridized carbons (Fsp3) is 0.333. The number of nitrogen functional groups attached to an aromatic ring is 1. The van der Waals surface area contributed by atoms with Crippen molar-refractivity contribution in [2.45, 2.75) is 25.2 Å². The van der Waals surface area contributed by atoms with Crippen molar-refractivity contribution in [3.05, 3.63) is 28.5 Å². The van der Waals surface area contributed by atoms with Crippen molar-refractivity contribution in [2.75, 3.05) is 5.73 Å². The molecule has 4 nitrogen and oxygen atoms in total. The molecule has 1 aromatic heterocycles. The molecule has 1 aliphatic rings. The van der Waals surface area contributed by atoms with Gasteiger partial charge in [0.05, 0.1) is 11.3 Å². The molecule has 3 rings (SSSR count). The second kappa shape index (κ2) is 4.14. The van der Waals surface area contributed by atoms with E-state index in [-0.39, 0.29) is 0 Å². The van der Waals surface area contributed by atoms with E-state index in [0.717, 1.165) is 28.7 Å². The van der Waals surface area contributed by atoms with E-state index in [0.29, 0.717) is 17.5 Å².